The molecule has 0 radical (unpaired) electrons. The van der Waals surface area contributed by atoms with Gasteiger partial charge in [0.05, 0.1) is 30.5 Å². The minimum atomic E-state index is -1.31. The number of piperidine rings is 1. The van der Waals surface area contributed by atoms with Gasteiger partial charge in [-0.05, 0) is 26.7 Å². The first-order valence-electron chi connectivity index (χ1n) is 10.7. The van der Waals surface area contributed by atoms with Crippen LogP contribution >= 0.6 is 0 Å². The van der Waals surface area contributed by atoms with Gasteiger partial charge in [-0.1, -0.05) is 0 Å². The first-order chi connectivity index (χ1) is 14.8. The molecule has 2 atom stereocenters. The number of fused-ring (bicyclic) bond motifs is 1. The second kappa shape index (κ2) is 7.35. The van der Waals surface area contributed by atoms with Crippen molar-refractivity contribution >= 4 is 11.9 Å². The Labute approximate surface area is 180 Å². The van der Waals surface area contributed by atoms with E-state index in [1.807, 2.05) is 31.8 Å². The lowest BCUT2D eigenvalue weighted by Gasteiger charge is -2.34. The van der Waals surface area contributed by atoms with Crippen LogP contribution in [-0.4, -0.2) is 61.7 Å². The fraction of sp³-hybridized carbons (Fsp3) is 0.619. The van der Waals surface area contributed by atoms with Gasteiger partial charge in [0, 0.05) is 32.1 Å². The number of hydrogen-bond acceptors (Lipinski definition) is 7. The molecule has 1 amide bonds. The summed E-state index contributed by atoms with van der Waals surface area (Å²) in [5.41, 5.74) is 2.74. The zero-order valence-electron chi connectivity index (χ0n) is 18.0. The number of aromatic nitrogens is 4. The molecule has 4 heterocycles. The number of carbonyl (C=O) groups excluding carboxylic acids is 1. The maximum atomic E-state index is 14.9. The van der Waals surface area contributed by atoms with Crippen molar-refractivity contribution in [3.05, 3.63) is 29.3 Å². The molecule has 2 aromatic rings. The first kappa shape index (κ1) is 20.0. The predicted octanol–water partition coefficient (Wildman–Crippen LogP) is 2.52. The van der Waals surface area contributed by atoms with Gasteiger partial charge in [-0.15, -0.1) is 0 Å². The highest BCUT2D eigenvalue weighted by atomic mass is 19.1. The monoisotopic (exact) mass is 430 g/mol. The van der Waals surface area contributed by atoms with Crippen molar-refractivity contribution in [3.63, 3.8) is 0 Å². The maximum Gasteiger partial charge on any atom is 0.410 e. The Morgan fingerprint density at radius 2 is 2.10 bits per heavy atom. The summed E-state index contributed by atoms with van der Waals surface area (Å²) < 4.78 is 28.2. The minimum absolute atomic E-state index is 0.0367. The lowest BCUT2D eigenvalue weighted by atomic mass is 10.1. The van der Waals surface area contributed by atoms with Crippen molar-refractivity contribution in [3.8, 4) is 5.88 Å². The Bertz CT molecular complexity index is 1010. The summed E-state index contributed by atoms with van der Waals surface area (Å²) in [6.07, 6.45) is 3.03. The Morgan fingerprint density at radius 1 is 1.29 bits per heavy atom. The summed E-state index contributed by atoms with van der Waals surface area (Å²) in [6.45, 7) is 5.57. The Kier molecular flexibility index (Phi) is 4.75. The van der Waals surface area contributed by atoms with Crippen LogP contribution in [0.1, 0.15) is 43.0 Å². The van der Waals surface area contributed by atoms with E-state index in [1.54, 1.807) is 0 Å². The highest BCUT2D eigenvalue weighted by Crippen LogP contribution is 2.39. The first-order valence-corrected chi connectivity index (χ1v) is 10.7. The number of alkyl halides is 1. The molecule has 166 valence electrons. The van der Waals surface area contributed by atoms with Crippen LogP contribution in [0.25, 0.3) is 0 Å². The smallest absolute Gasteiger partial charge is 0.410 e. The van der Waals surface area contributed by atoms with E-state index in [9.17, 15) is 9.18 Å². The fourth-order valence-electron chi connectivity index (χ4n) is 4.18. The predicted molar refractivity (Wildman–Crippen MR) is 109 cm³/mol. The molecule has 2 fully saturated rings. The summed E-state index contributed by atoms with van der Waals surface area (Å²) in [6, 6.07) is 0. The van der Waals surface area contributed by atoms with Gasteiger partial charge in [-0.3, -0.25) is 4.68 Å². The van der Waals surface area contributed by atoms with Crippen molar-refractivity contribution in [2.45, 2.75) is 64.1 Å². The molecule has 0 unspecified atom stereocenters. The number of ether oxygens (including phenoxy) is 2. The molecule has 1 saturated heterocycles. The van der Waals surface area contributed by atoms with Crippen molar-refractivity contribution in [1.82, 2.24) is 24.6 Å². The lowest BCUT2D eigenvalue weighted by molar-refractivity contribution is 0.00202. The zero-order valence-corrected chi connectivity index (χ0v) is 18.0. The third kappa shape index (κ3) is 3.79. The van der Waals surface area contributed by atoms with Gasteiger partial charge in [0.25, 0.3) is 0 Å². The maximum absolute atomic E-state index is 14.9. The Hall–Kier alpha value is -2.91. The third-order valence-electron chi connectivity index (χ3n) is 6.45. The average Bonchev–Trinajstić information content (AvgIpc) is 3.16. The normalized spacial score (nSPS) is 24.1. The van der Waals surface area contributed by atoms with Gasteiger partial charge in [-0.2, -0.15) is 5.10 Å². The second-order valence-electron chi connectivity index (χ2n) is 8.95. The van der Waals surface area contributed by atoms with E-state index in [4.69, 9.17) is 9.47 Å². The minimum Gasteiger partial charge on any atom is -0.471 e. The molecule has 0 N–H and O–H groups in total. The van der Waals surface area contributed by atoms with Crippen molar-refractivity contribution in [1.29, 1.82) is 0 Å². The van der Waals surface area contributed by atoms with E-state index in [2.05, 4.69) is 20.0 Å². The molecule has 2 aromatic heterocycles. The molecule has 31 heavy (non-hydrogen) atoms. The molecule has 5 rings (SSSR count). The lowest BCUT2D eigenvalue weighted by Crippen LogP contribution is -2.50. The van der Waals surface area contributed by atoms with E-state index in [0.29, 0.717) is 31.9 Å². The van der Waals surface area contributed by atoms with Crippen LogP contribution in [0.2, 0.25) is 0 Å². The molecular weight excluding hydrogens is 403 g/mol. The van der Waals surface area contributed by atoms with Gasteiger partial charge in [0.2, 0.25) is 5.88 Å². The molecule has 0 bridgehead atoms. The number of anilines is 1. The summed E-state index contributed by atoms with van der Waals surface area (Å²) >= 11 is 0. The number of amides is 1. The average molecular weight is 430 g/mol. The van der Waals surface area contributed by atoms with E-state index in [-0.39, 0.29) is 12.1 Å². The summed E-state index contributed by atoms with van der Waals surface area (Å²) in [7, 11) is 1.93. The van der Waals surface area contributed by atoms with Crippen LogP contribution in [0.5, 0.6) is 5.88 Å². The van der Waals surface area contributed by atoms with Crippen molar-refractivity contribution < 1.29 is 18.7 Å². The summed E-state index contributed by atoms with van der Waals surface area (Å²) in [5.74, 6) is 1.16. The highest BCUT2D eigenvalue weighted by molar-refractivity contribution is 5.68. The standard InChI is InChI=1S/C21H27FN6O3/c1-13-18(28-9-14-8-25-26(3)16(14)11-28)23-12-24-19(13)30-17-4-7-27(10-15(17)22)20(29)31-21(2)5-6-21/h8,12,15,17H,4-7,9-11H2,1-3H3/t15-,17+/m0/s1. The summed E-state index contributed by atoms with van der Waals surface area (Å²) in [4.78, 5) is 24.5. The van der Waals surface area contributed by atoms with Gasteiger partial charge < -0.3 is 19.3 Å². The number of hydrogen-bond donors (Lipinski definition) is 0. The zero-order chi connectivity index (χ0) is 21.8. The largest absolute Gasteiger partial charge is 0.471 e. The highest BCUT2D eigenvalue weighted by Gasteiger charge is 2.44. The molecule has 1 saturated carbocycles. The number of nitrogens with zero attached hydrogens (tertiary/aromatic N) is 6. The molecule has 0 spiro atoms. The van der Waals surface area contributed by atoms with E-state index < -0.39 is 18.4 Å². The van der Waals surface area contributed by atoms with Crippen molar-refractivity contribution in [2.75, 3.05) is 18.0 Å². The van der Waals surface area contributed by atoms with Crippen LogP contribution in [-0.2, 0) is 24.9 Å². The van der Waals surface area contributed by atoms with E-state index in [1.165, 1.54) is 16.8 Å². The number of likely N-dealkylation sites (tertiary alicyclic amines) is 1. The molecule has 2 aliphatic heterocycles. The number of carbonyl (C=O) groups is 1. The SMILES string of the molecule is Cc1c(O[C@@H]2CCN(C(=O)OC3(C)CC3)C[C@@H]2F)ncnc1N1Cc2cnn(C)c2C1. The summed E-state index contributed by atoms with van der Waals surface area (Å²) in [5, 5.41) is 4.29. The molecular formula is C21H27FN6O3. The number of aryl methyl sites for hydroxylation is 1. The molecule has 9 nitrogen and oxygen atoms in total. The molecule has 10 heteroatoms. The Balaban J connectivity index is 1.24. The molecule has 1 aliphatic carbocycles. The second-order valence-corrected chi connectivity index (χ2v) is 8.95. The molecule has 0 aromatic carbocycles. The van der Waals surface area contributed by atoms with E-state index in [0.717, 1.165) is 29.9 Å². The third-order valence-corrected chi connectivity index (χ3v) is 6.45. The van der Waals surface area contributed by atoms with Gasteiger partial charge in [-0.25, -0.2) is 19.2 Å². The molecule has 3 aliphatic rings. The number of rotatable bonds is 4. The van der Waals surface area contributed by atoms with Gasteiger partial charge >= 0.3 is 6.09 Å². The quantitative estimate of drug-likeness (QED) is 0.737. The van der Waals surface area contributed by atoms with Crippen LogP contribution in [0.15, 0.2) is 12.5 Å². The van der Waals surface area contributed by atoms with Crippen LogP contribution < -0.4 is 9.64 Å². The van der Waals surface area contributed by atoms with Crippen LogP contribution in [0, 0.1) is 6.92 Å². The van der Waals surface area contributed by atoms with E-state index >= 15 is 0 Å². The Morgan fingerprint density at radius 3 is 2.81 bits per heavy atom. The fourth-order valence-corrected chi connectivity index (χ4v) is 4.18. The number of halogens is 1. The van der Waals surface area contributed by atoms with Crippen LogP contribution in [0.4, 0.5) is 15.0 Å². The van der Waals surface area contributed by atoms with Crippen molar-refractivity contribution in [2.24, 2.45) is 7.05 Å². The van der Waals surface area contributed by atoms with Gasteiger partial charge in [0.15, 0.2) is 6.17 Å². The van der Waals surface area contributed by atoms with Gasteiger partial charge in [0.1, 0.15) is 23.9 Å². The van der Waals surface area contributed by atoms with Crippen LogP contribution in [0.3, 0.4) is 0 Å². The topological polar surface area (TPSA) is 85.6 Å².